The van der Waals surface area contributed by atoms with Gasteiger partial charge in [-0.25, -0.2) is 0 Å². The quantitative estimate of drug-likeness (QED) is 0.314. The van der Waals surface area contributed by atoms with Gasteiger partial charge in [-0.3, -0.25) is 0 Å². The lowest BCUT2D eigenvalue weighted by Gasteiger charge is -2.06. The number of aromatic nitrogens is 1. The molecule has 0 aliphatic rings. The third-order valence-electron chi connectivity index (χ3n) is 3.42. The molecule has 5 nitrogen and oxygen atoms in total. The van der Waals surface area contributed by atoms with E-state index in [4.69, 9.17) is 10.2 Å². The first-order valence-corrected chi connectivity index (χ1v) is 8.58. The molecule has 25 heavy (non-hydrogen) atoms. The van der Waals surface area contributed by atoms with Crippen molar-refractivity contribution in [3.05, 3.63) is 77.3 Å². The summed E-state index contributed by atoms with van der Waals surface area (Å²) in [6, 6.07) is 11.5. The number of allylic oxidation sites excluding steroid dienone is 2. The topological polar surface area (TPSA) is 68.8 Å². The van der Waals surface area contributed by atoms with Crippen LogP contribution in [-0.2, 0) is 6.54 Å². The second-order valence-corrected chi connectivity index (χ2v) is 6.00. The summed E-state index contributed by atoms with van der Waals surface area (Å²) in [5.41, 5.74) is 8.65. The lowest BCUT2D eigenvalue weighted by molar-refractivity contribution is 0.557. The minimum Gasteiger partial charge on any atom is -0.465 e. The van der Waals surface area contributed by atoms with Crippen molar-refractivity contribution in [2.75, 3.05) is 5.73 Å². The summed E-state index contributed by atoms with van der Waals surface area (Å²) < 4.78 is 7.28. The maximum atomic E-state index is 5.76. The van der Waals surface area contributed by atoms with E-state index in [1.165, 1.54) is 11.3 Å². The van der Waals surface area contributed by atoms with Crippen LogP contribution in [0, 0.1) is 0 Å². The number of hydrogen-bond donors (Lipinski definition) is 1. The van der Waals surface area contributed by atoms with Crippen LogP contribution in [0.15, 0.2) is 81.4 Å². The van der Waals surface area contributed by atoms with Gasteiger partial charge in [0, 0.05) is 23.8 Å². The highest BCUT2D eigenvalue weighted by molar-refractivity contribution is 7.07. The molecule has 126 valence electrons. The molecular weight excluding hydrogens is 332 g/mol. The zero-order chi connectivity index (χ0) is 17.5. The van der Waals surface area contributed by atoms with E-state index in [-0.39, 0.29) is 0 Å². The van der Waals surface area contributed by atoms with E-state index in [0.29, 0.717) is 6.54 Å². The van der Waals surface area contributed by atoms with Crippen LogP contribution in [-0.4, -0.2) is 10.8 Å². The molecule has 0 aliphatic heterocycles. The summed E-state index contributed by atoms with van der Waals surface area (Å²) in [4.78, 5) is 0.800. The van der Waals surface area contributed by atoms with Crippen molar-refractivity contribution in [1.29, 1.82) is 0 Å². The second kappa shape index (κ2) is 8.12. The lowest BCUT2D eigenvalue weighted by atomic mass is 10.1. The number of thiazole rings is 1. The van der Waals surface area contributed by atoms with Crippen molar-refractivity contribution in [1.82, 2.24) is 4.57 Å². The molecule has 0 amide bonds. The number of benzene rings is 1. The fraction of sp³-hybridized carbons (Fsp3) is 0.0526. The first kappa shape index (κ1) is 16.7. The Bertz CT molecular complexity index is 944. The van der Waals surface area contributed by atoms with Crippen LogP contribution in [0.25, 0.3) is 17.3 Å². The van der Waals surface area contributed by atoms with Crippen LogP contribution < -0.4 is 10.5 Å². The molecule has 0 saturated heterocycles. The van der Waals surface area contributed by atoms with Crippen LogP contribution in [0.5, 0.6) is 0 Å². The van der Waals surface area contributed by atoms with Crippen molar-refractivity contribution in [2.24, 2.45) is 10.2 Å². The summed E-state index contributed by atoms with van der Waals surface area (Å²) in [6.45, 7) is 4.48. The van der Waals surface area contributed by atoms with Gasteiger partial charge < -0.3 is 14.7 Å². The van der Waals surface area contributed by atoms with E-state index in [1.54, 1.807) is 18.6 Å². The predicted molar refractivity (Wildman–Crippen MR) is 104 cm³/mol. The van der Waals surface area contributed by atoms with E-state index < -0.39 is 0 Å². The third kappa shape index (κ3) is 4.24. The first-order chi connectivity index (χ1) is 12.3. The minimum absolute atomic E-state index is 0.653. The number of hydrogen-bond acceptors (Lipinski definition) is 5. The summed E-state index contributed by atoms with van der Waals surface area (Å²) >= 11 is 1.53. The van der Waals surface area contributed by atoms with E-state index in [0.717, 1.165) is 27.5 Å². The standard InChI is InChI=1S/C19H18N4OS/c1-2-12-23-18(15-7-9-16(20)10-8-15)14-25-19(23)22-21-11-3-5-17-6-4-13-24-17/h2-11,13-14H,1,12,20H2/b5-3+,21-11+,22-19-. The molecule has 0 atom stereocenters. The average molecular weight is 350 g/mol. The van der Waals surface area contributed by atoms with Gasteiger partial charge in [-0.2, -0.15) is 5.10 Å². The van der Waals surface area contributed by atoms with Crippen molar-refractivity contribution < 1.29 is 4.42 Å². The van der Waals surface area contributed by atoms with Crippen LogP contribution >= 0.6 is 11.3 Å². The highest BCUT2D eigenvalue weighted by atomic mass is 32.1. The number of anilines is 1. The molecule has 2 aromatic heterocycles. The fourth-order valence-corrected chi connectivity index (χ4v) is 3.12. The van der Waals surface area contributed by atoms with Crippen LogP contribution in [0.2, 0.25) is 0 Å². The van der Waals surface area contributed by atoms with Crippen molar-refractivity contribution in [3.63, 3.8) is 0 Å². The van der Waals surface area contributed by atoms with Crippen molar-refractivity contribution >= 4 is 29.3 Å². The predicted octanol–water partition coefficient (Wildman–Crippen LogP) is 4.18. The summed E-state index contributed by atoms with van der Waals surface area (Å²) in [7, 11) is 0. The largest absolute Gasteiger partial charge is 0.465 e. The summed E-state index contributed by atoms with van der Waals surface area (Å²) in [5, 5.41) is 10.5. The fourth-order valence-electron chi connectivity index (χ4n) is 2.24. The Morgan fingerprint density at radius 2 is 2.08 bits per heavy atom. The molecule has 0 spiro atoms. The number of furan rings is 1. The average Bonchev–Trinajstić information content (AvgIpc) is 3.26. The highest BCUT2D eigenvalue weighted by Crippen LogP contribution is 2.21. The molecular formula is C19H18N4OS. The summed E-state index contributed by atoms with van der Waals surface area (Å²) in [6.07, 6.45) is 8.71. The van der Waals surface area contributed by atoms with Gasteiger partial charge in [-0.15, -0.1) is 23.0 Å². The van der Waals surface area contributed by atoms with Gasteiger partial charge in [-0.05, 0) is 42.0 Å². The molecule has 0 aliphatic carbocycles. The van der Waals surface area contributed by atoms with Gasteiger partial charge in [0.2, 0.25) is 4.80 Å². The maximum Gasteiger partial charge on any atom is 0.211 e. The first-order valence-electron chi connectivity index (χ1n) is 7.70. The maximum absolute atomic E-state index is 5.76. The van der Waals surface area contributed by atoms with E-state index in [9.17, 15) is 0 Å². The molecule has 2 N–H and O–H groups in total. The van der Waals surface area contributed by atoms with Gasteiger partial charge in [-0.1, -0.05) is 18.2 Å². The van der Waals surface area contributed by atoms with Gasteiger partial charge in [0.05, 0.1) is 12.0 Å². The SMILES string of the molecule is C=CCn1c(-c2ccc(N)cc2)cs\c1=N/N=C/C=C/c1ccco1. The Balaban J connectivity index is 1.85. The molecule has 0 radical (unpaired) electrons. The molecule has 0 saturated carbocycles. The Morgan fingerprint density at radius 3 is 2.80 bits per heavy atom. The number of rotatable bonds is 6. The minimum atomic E-state index is 0.653. The van der Waals surface area contributed by atoms with Crippen LogP contribution in [0.3, 0.4) is 0 Å². The Morgan fingerprint density at radius 1 is 1.24 bits per heavy atom. The smallest absolute Gasteiger partial charge is 0.211 e. The highest BCUT2D eigenvalue weighted by Gasteiger charge is 2.06. The van der Waals surface area contributed by atoms with Crippen molar-refractivity contribution in [3.8, 4) is 11.3 Å². The number of nitrogen functional groups attached to an aromatic ring is 1. The van der Waals surface area contributed by atoms with Gasteiger partial charge >= 0.3 is 0 Å². The summed E-state index contributed by atoms with van der Waals surface area (Å²) in [5.74, 6) is 0.773. The van der Waals surface area contributed by atoms with E-state index in [2.05, 4.69) is 26.7 Å². The zero-order valence-corrected chi connectivity index (χ0v) is 14.4. The van der Waals surface area contributed by atoms with E-state index in [1.807, 2.05) is 48.6 Å². The lowest BCUT2D eigenvalue weighted by Crippen LogP contribution is -2.14. The van der Waals surface area contributed by atoms with Crippen LogP contribution in [0.1, 0.15) is 5.76 Å². The van der Waals surface area contributed by atoms with Gasteiger partial charge in [0.1, 0.15) is 5.76 Å². The number of nitrogens with two attached hydrogens (primary N) is 1. The van der Waals surface area contributed by atoms with E-state index >= 15 is 0 Å². The normalized spacial score (nSPS) is 12.4. The Kier molecular flexibility index (Phi) is 5.43. The molecule has 0 unspecified atom stereocenters. The van der Waals surface area contributed by atoms with Gasteiger partial charge in [0.15, 0.2) is 0 Å². The van der Waals surface area contributed by atoms with Crippen molar-refractivity contribution in [2.45, 2.75) is 6.54 Å². The molecule has 0 fully saturated rings. The van der Waals surface area contributed by atoms with Crippen LogP contribution in [0.4, 0.5) is 5.69 Å². The Hall–Kier alpha value is -3.12. The molecule has 3 rings (SSSR count). The monoisotopic (exact) mass is 350 g/mol. The molecule has 1 aromatic carbocycles. The number of nitrogens with zero attached hydrogens (tertiary/aromatic N) is 3. The Labute approximate surface area is 149 Å². The molecule has 2 heterocycles. The molecule has 3 aromatic rings. The molecule has 0 bridgehead atoms. The molecule has 6 heteroatoms. The third-order valence-corrected chi connectivity index (χ3v) is 4.27. The second-order valence-electron chi connectivity index (χ2n) is 5.16. The zero-order valence-electron chi connectivity index (χ0n) is 13.6. The van der Waals surface area contributed by atoms with Gasteiger partial charge in [0.25, 0.3) is 0 Å².